The molecule has 2 aliphatic heterocycles. The van der Waals surface area contributed by atoms with Gasteiger partial charge >= 0.3 is 0 Å². The lowest BCUT2D eigenvalue weighted by Crippen LogP contribution is -2.61. The molecular formula is C54H37BN2. The normalized spacial score (nSPS) is 12.5. The van der Waals surface area contributed by atoms with Gasteiger partial charge in [0.2, 0.25) is 0 Å². The van der Waals surface area contributed by atoms with E-state index in [0.29, 0.717) is 0 Å². The Morgan fingerprint density at radius 1 is 0.298 bits per heavy atom. The van der Waals surface area contributed by atoms with E-state index in [1.165, 1.54) is 83.6 Å². The van der Waals surface area contributed by atoms with Crippen LogP contribution in [0.2, 0.25) is 0 Å². The van der Waals surface area contributed by atoms with Gasteiger partial charge in [0.1, 0.15) is 0 Å². The number of hydrogen-bond acceptors (Lipinski definition) is 2. The van der Waals surface area contributed by atoms with Crippen molar-refractivity contribution in [2.45, 2.75) is 0 Å². The van der Waals surface area contributed by atoms with Crippen molar-refractivity contribution in [3.63, 3.8) is 0 Å². The van der Waals surface area contributed by atoms with E-state index in [2.05, 4.69) is 234 Å². The first kappa shape index (κ1) is 33.0. The molecule has 2 heterocycles. The third-order valence-electron chi connectivity index (χ3n) is 11.6. The van der Waals surface area contributed by atoms with Gasteiger partial charge in [-0.3, -0.25) is 0 Å². The maximum atomic E-state index is 2.55. The van der Waals surface area contributed by atoms with E-state index in [0.717, 1.165) is 11.4 Å². The number of hydrogen-bond donors (Lipinski definition) is 0. The SMILES string of the molecule is c1ccc(-c2ccc3c(c2)B2c4cc(-c5ccccc5)c(-c5ccccc5)c(-c5ccccc5)c4N(c4ccccc4)c4cccc(c42)N3c2ccccc2)cc1. The number of fused-ring (bicyclic) bond motifs is 4. The summed E-state index contributed by atoms with van der Waals surface area (Å²) in [5, 5.41) is 0. The molecule has 3 heteroatoms. The van der Waals surface area contributed by atoms with E-state index in [9.17, 15) is 0 Å². The zero-order valence-corrected chi connectivity index (χ0v) is 31.3. The van der Waals surface area contributed by atoms with Gasteiger partial charge in [0.05, 0.1) is 0 Å². The molecule has 0 saturated heterocycles. The van der Waals surface area contributed by atoms with Gasteiger partial charge in [-0.25, -0.2) is 0 Å². The third kappa shape index (κ3) is 5.43. The molecule has 0 aromatic heterocycles. The second kappa shape index (κ2) is 13.7. The van der Waals surface area contributed by atoms with E-state index >= 15 is 0 Å². The highest BCUT2D eigenvalue weighted by Gasteiger charge is 2.45. The number of para-hydroxylation sites is 2. The van der Waals surface area contributed by atoms with Gasteiger partial charge in [-0.15, -0.1) is 0 Å². The quantitative estimate of drug-likeness (QED) is 0.158. The molecule has 9 aromatic carbocycles. The van der Waals surface area contributed by atoms with Gasteiger partial charge in [-0.1, -0.05) is 182 Å². The van der Waals surface area contributed by atoms with Gasteiger partial charge in [0.15, 0.2) is 0 Å². The Labute approximate surface area is 334 Å². The first-order valence-corrected chi connectivity index (χ1v) is 19.7. The molecule has 0 aliphatic carbocycles. The smallest absolute Gasteiger partial charge is 0.252 e. The van der Waals surface area contributed by atoms with Crippen molar-refractivity contribution in [1.29, 1.82) is 0 Å². The number of anilines is 6. The fourth-order valence-electron chi connectivity index (χ4n) is 9.25. The summed E-state index contributed by atoms with van der Waals surface area (Å²) in [6.07, 6.45) is 0. The van der Waals surface area contributed by atoms with Crippen LogP contribution in [0.15, 0.2) is 224 Å². The van der Waals surface area contributed by atoms with Crippen molar-refractivity contribution in [2.24, 2.45) is 0 Å². The number of rotatable bonds is 6. The van der Waals surface area contributed by atoms with E-state index in [1.807, 2.05) is 0 Å². The van der Waals surface area contributed by atoms with Crippen LogP contribution in [0.1, 0.15) is 0 Å². The summed E-state index contributed by atoms with van der Waals surface area (Å²) in [5.41, 5.74) is 20.6. The van der Waals surface area contributed by atoms with Crippen LogP contribution in [0.3, 0.4) is 0 Å². The molecule has 0 atom stereocenters. The van der Waals surface area contributed by atoms with Crippen molar-refractivity contribution >= 4 is 57.2 Å². The fraction of sp³-hybridized carbons (Fsp3) is 0. The van der Waals surface area contributed by atoms with Gasteiger partial charge < -0.3 is 9.80 Å². The maximum Gasteiger partial charge on any atom is 0.252 e. The van der Waals surface area contributed by atoms with E-state index in [1.54, 1.807) is 0 Å². The van der Waals surface area contributed by atoms with Gasteiger partial charge in [0.25, 0.3) is 6.71 Å². The summed E-state index contributed by atoms with van der Waals surface area (Å²) < 4.78 is 0. The molecule has 0 fully saturated rings. The Morgan fingerprint density at radius 3 is 1.35 bits per heavy atom. The maximum absolute atomic E-state index is 2.55. The summed E-state index contributed by atoms with van der Waals surface area (Å²) in [5.74, 6) is 0. The number of nitrogens with zero attached hydrogens (tertiary/aromatic N) is 2. The van der Waals surface area contributed by atoms with Crippen LogP contribution in [-0.4, -0.2) is 6.71 Å². The van der Waals surface area contributed by atoms with Crippen molar-refractivity contribution < 1.29 is 0 Å². The Morgan fingerprint density at radius 2 is 0.772 bits per heavy atom. The molecule has 2 nitrogen and oxygen atoms in total. The van der Waals surface area contributed by atoms with E-state index in [-0.39, 0.29) is 6.71 Å². The monoisotopic (exact) mass is 724 g/mol. The van der Waals surface area contributed by atoms with Gasteiger partial charge in [0, 0.05) is 39.7 Å². The molecule has 0 N–H and O–H groups in total. The zero-order valence-electron chi connectivity index (χ0n) is 31.3. The molecule has 9 aromatic rings. The van der Waals surface area contributed by atoms with Crippen LogP contribution in [0.4, 0.5) is 34.1 Å². The van der Waals surface area contributed by atoms with E-state index < -0.39 is 0 Å². The minimum Gasteiger partial charge on any atom is -0.311 e. The summed E-state index contributed by atoms with van der Waals surface area (Å²) in [4.78, 5) is 5.02. The van der Waals surface area contributed by atoms with Crippen LogP contribution < -0.4 is 26.2 Å². The van der Waals surface area contributed by atoms with Crippen LogP contribution in [0, 0.1) is 0 Å². The third-order valence-corrected chi connectivity index (χ3v) is 11.6. The predicted molar refractivity (Wildman–Crippen MR) is 242 cm³/mol. The van der Waals surface area contributed by atoms with Crippen molar-refractivity contribution in [1.82, 2.24) is 0 Å². The van der Waals surface area contributed by atoms with E-state index in [4.69, 9.17) is 0 Å². The average molecular weight is 725 g/mol. The Bertz CT molecular complexity index is 2880. The second-order valence-electron chi connectivity index (χ2n) is 14.8. The van der Waals surface area contributed by atoms with Crippen molar-refractivity contribution in [3.8, 4) is 44.5 Å². The highest BCUT2D eigenvalue weighted by molar-refractivity contribution is 7.00. The summed E-state index contributed by atoms with van der Waals surface area (Å²) in [6.45, 7) is -0.0560. The van der Waals surface area contributed by atoms with Crippen molar-refractivity contribution in [2.75, 3.05) is 9.80 Å². The Kier molecular flexibility index (Phi) is 7.96. The topological polar surface area (TPSA) is 6.48 Å². The first-order valence-electron chi connectivity index (χ1n) is 19.7. The summed E-state index contributed by atoms with van der Waals surface area (Å²) in [7, 11) is 0. The van der Waals surface area contributed by atoms with Crippen molar-refractivity contribution in [3.05, 3.63) is 224 Å². The molecule has 0 saturated carbocycles. The highest BCUT2D eigenvalue weighted by atomic mass is 15.2. The molecule has 266 valence electrons. The first-order chi connectivity index (χ1) is 28.3. The average Bonchev–Trinajstić information content (AvgIpc) is 3.30. The van der Waals surface area contributed by atoms with Crippen LogP contribution >= 0.6 is 0 Å². The molecule has 0 amide bonds. The summed E-state index contributed by atoms with van der Waals surface area (Å²) >= 11 is 0. The lowest BCUT2D eigenvalue weighted by atomic mass is 9.33. The molecule has 0 bridgehead atoms. The lowest BCUT2D eigenvalue weighted by Gasteiger charge is -2.45. The largest absolute Gasteiger partial charge is 0.311 e. The highest BCUT2D eigenvalue weighted by Crippen LogP contribution is 2.51. The fourth-order valence-corrected chi connectivity index (χ4v) is 9.25. The van der Waals surface area contributed by atoms with Crippen LogP contribution in [0.5, 0.6) is 0 Å². The second-order valence-corrected chi connectivity index (χ2v) is 14.8. The Balaban J connectivity index is 1.33. The molecule has 0 spiro atoms. The van der Waals surface area contributed by atoms with Gasteiger partial charge in [-0.2, -0.15) is 0 Å². The van der Waals surface area contributed by atoms with Crippen LogP contribution in [-0.2, 0) is 0 Å². The molecular weight excluding hydrogens is 687 g/mol. The standard InChI is InChI=1S/C54H37BN2/c1-7-20-38(21-8-1)42-34-35-48-46(36-42)55-47-37-45(39-22-9-2-10-23-39)51(40-24-11-3-12-25-40)52(41-26-13-4-14-27-41)54(47)57(44-30-17-6-18-31-44)50-33-19-32-49(53(50)55)56(48)43-28-15-5-16-29-43/h1-37H. The lowest BCUT2D eigenvalue weighted by molar-refractivity contribution is 1.25. The van der Waals surface area contributed by atoms with Gasteiger partial charge in [-0.05, 0) is 97.8 Å². The molecule has 0 radical (unpaired) electrons. The molecule has 11 rings (SSSR count). The molecule has 0 unspecified atom stereocenters. The number of benzene rings is 9. The van der Waals surface area contributed by atoms with Crippen LogP contribution in [0.25, 0.3) is 44.5 Å². The Hall–Kier alpha value is -7.36. The molecule has 57 heavy (non-hydrogen) atoms. The minimum absolute atomic E-state index is 0.0560. The summed E-state index contributed by atoms with van der Waals surface area (Å²) in [6, 6.07) is 82.1. The molecule has 2 aliphatic rings. The predicted octanol–water partition coefficient (Wildman–Crippen LogP) is 12.4. The minimum atomic E-state index is -0.0560. The zero-order chi connectivity index (χ0) is 37.7.